The third kappa shape index (κ3) is 9.36. The highest BCUT2D eigenvalue weighted by Crippen LogP contribution is 2.44. The summed E-state index contributed by atoms with van der Waals surface area (Å²) in [5, 5.41) is 50.9. The third-order valence-electron chi connectivity index (χ3n) is 8.12. The highest BCUT2D eigenvalue weighted by atomic mass is 16.6. The summed E-state index contributed by atoms with van der Waals surface area (Å²) in [7, 11) is 1.39. The number of piperazine rings is 1. The minimum Gasteiger partial charge on any atom is -0.494 e. The van der Waals surface area contributed by atoms with Gasteiger partial charge in [-0.1, -0.05) is 12.1 Å². The van der Waals surface area contributed by atoms with E-state index in [4.69, 9.17) is 19.3 Å². The maximum atomic E-state index is 12.9. The summed E-state index contributed by atoms with van der Waals surface area (Å²) < 4.78 is 16.5. The van der Waals surface area contributed by atoms with Gasteiger partial charge in [-0.15, -0.1) is 0 Å². The molecule has 6 N–H and O–H groups in total. The summed E-state index contributed by atoms with van der Waals surface area (Å²) in [5.74, 6) is 1.08. The van der Waals surface area contributed by atoms with E-state index in [0.717, 1.165) is 29.5 Å². The van der Waals surface area contributed by atoms with Crippen LogP contribution in [-0.4, -0.2) is 125 Å². The van der Waals surface area contributed by atoms with E-state index < -0.39 is 37.1 Å². The smallest absolute Gasteiger partial charge is 0.415 e. The number of ether oxygens (including phenoxy) is 3. The molecule has 1 aliphatic heterocycles. The lowest BCUT2D eigenvalue weighted by Crippen LogP contribution is -2.49. The number of carbonyl (C=O) groups is 2. The van der Waals surface area contributed by atoms with Crippen LogP contribution in [0.4, 0.5) is 4.79 Å². The zero-order valence-electron chi connectivity index (χ0n) is 25.8. The summed E-state index contributed by atoms with van der Waals surface area (Å²) in [5.41, 5.74) is 3.42. The molecule has 2 aromatic carbocycles. The number of hydrogen-bond acceptors (Lipinski definition) is 12. The van der Waals surface area contributed by atoms with Gasteiger partial charge in [0.15, 0.2) is 0 Å². The van der Waals surface area contributed by atoms with E-state index in [1.165, 1.54) is 7.11 Å². The molecule has 2 fully saturated rings. The fourth-order valence-electron chi connectivity index (χ4n) is 5.29. The summed E-state index contributed by atoms with van der Waals surface area (Å²) >= 11 is 0. The van der Waals surface area contributed by atoms with Crippen LogP contribution in [0.3, 0.4) is 0 Å². The topological polar surface area (TPSA) is 181 Å². The van der Waals surface area contributed by atoms with Crippen molar-refractivity contribution in [3.63, 3.8) is 0 Å². The first-order chi connectivity index (χ1) is 21.6. The summed E-state index contributed by atoms with van der Waals surface area (Å²) in [6, 6.07) is 10.7. The first kappa shape index (κ1) is 34.6. The van der Waals surface area contributed by atoms with Gasteiger partial charge < -0.3 is 50.0 Å². The molecule has 4 rings (SSSR count). The van der Waals surface area contributed by atoms with Crippen molar-refractivity contribution in [3.05, 3.63) is 58.7 Å². The fraction of sp³-hybridized carbons (Fsp3) is 0.562. The number of nitrogens with one attached hydrogen (secondary N) is 1. The van der Waals surface area contributed by atoms with Gasteiger partial charge in [-0.2, -0.15) is 0 Å². The van der Waals surface area contributed by atoms with Gasteiger partial charge in [0.1, 0.15) is 29.8 Å². The van der Waals surface area contributed by atoms with Crippen molar-refractivity contribution in [2.24, 2.45) is 0 Å². The molecule has 248 valence electrons. The Labute approximate surface area is 262 Å². The quantitative estimate of drug-likeness (QED) is 0.151. The zero-order chi connectivity index (χ0) is 32.5. The monoisotopic (exact) mass is 631 g/mol. The van der Waals surface area contributed by atoms with Crippen LogP contribution in [0.1, 0.15) is 52.7 Å². The van der Waals surface area contributed by atoms with Gasteiger partial charge >= 0.3 is 12.1 Å². The average molecular weight is 632 g/mol. The number of carbonyl (C=O) groups excluding carboxylic acids is 2. The summed E-state index contributed by atoms with van der Waals surface area (Å²) in [4.78, 5) is 29.2. The molecule has 1 heterocycles. The molecule has 1 saturated heterocycles. The van der Waals surface area contributed by atoms with E-state index in [-0.39, 0.29) is 12.5 Å². The van der Waals surface area contributed by atoms with Crippen molar-refractivity contribution in [3.8, 4) is 11.5 Å². The molecule has 4 atom stereocenters. The van der Waals surface area contributed by atoms with Crippen molar-refractivity contribution in [2.45, 2.75) is 63.2 Å². The van der Waals surface area contributed by atoms with Gasteiger partial charge in [-0.05, 0) is 61.1 Å². The number of aliphatic hydroxyl groups excluding tert-OH is 5. The van der Waals surface area contributed by atoms with Crippen molar-refractivity contribution < 1.29 is 49.3 Å². The number of rotatable bonds is 15. The first-order valence-corrected chi connectivity index (χ1v) is 15.3. The molecule has 0 spiro atoms. The summed E-state index contributed by atoms with van der Waals surface area (Å²) in [6.45, 7) is 4.85. The van der Waals surface area contributed by atoms with E-state index >= 15 is 0 Å². The number of benzene rings is 2. The highest BCUT2D eigenvalue weighted by molar-refractivity contribution is 5.92. The molecule has 2 aromatic rings. The largest absolute Gasteiger partial charge is 0.494 e. The van der Waals surface area contributed by atoms with Gasteiger partial charge in [0, 0.05) is 51.4 Å². The molecule has 13 nitrogen and oxygen atoms in total. The van der Waals surface area contributed by atoms with E-state index in [1.54, 1.807) is 35.2 Å². The Kier molecular flexibility index (Phi) is 12.5. The minimum atomic E-state index is -1.68. The van der Waals surface area contributed by atoms with E-state index in [0.29, 0.717) is 68.9 Å². The van der Waals surface area contributed by atoms with Crippen LogP contribution in [-0.2, 0) is 17.8 Å². The lowest BCUT2D eigenvalue weighted by molar-refractivity contribution is -0.114. The summed E-state index contributed by atoms with van der Waals surface area (Å²) in [6.07, 6.45) is -4.55. The lowest BCUT2D eigenvalue weighted by Gasteiger charge is -2.34. The van der Waals surface area contributed by atoms with Gasteiger partial charge in [0.05, 0.1) is 32.0 Å². The SMILES string of the molecule is CCOc1cc(C(=O)OC)c(C2CC2)cc1CN1CCN(C(=O)Oc2ccc(CNCC(O)C(O)C(O)C(O)CO)cc2)CC1. The number of esters is 1. The fourth-order valence-corrected chi connectivity index (χ4v) is 5.29. The van der Waals surface area contributed by atoms with Gasteiger partial charge in [0.25, 0.3) is 0 Å². The van der Waals surface area contributed by atoms with Crippen molar-refractivity contribution in [1.82, 2.24) is 15.1 Å². The van der Waals surface area contributed by atoms with Crippen molar-refractivity contribution in [1.29, 1.82) is 0 Å². The second-order valence-electron chi connectivity index (χ2n) is 11.5. The molecule has 4 unspecified atom stereocenters. The maximum absolute atomic E-state index is 12.9. The molecule has 1 saturated carbocycles. The number of aliphatic hydroxyl groups is 5. The number of amides is 1. The Bertz CT molecular complexity index is 1260. The first-order valence-electron chi connectivity index (χ1n) is 15.3. The molecule has 1 aliphatic carbocycles. The Morgan fingerprint density at radius 2 is 1.64 bits per heavy atom. The predicted molar refractivity (Wildman–Crippen MR) is 163 cm³/mol. The molecule has 45 heavy (non-hydrogen) atoms. The minimum absolute atomic E-state index is 0.0630. The van der Waals surface area contributed by atoms with Crippen LogP contribution in [0, 0.1) is 0 Å². The van der Waals surface area contributed by atoms with Crippen LogP contribution in [0.5, 0.6) is 11.5 Å². The molecule has 0 bridgehead atoms. The van der Waals surface area contributed by atoms with Gasteiger partial charge in [-0.25, -0.2) is 9.59 Å². The van der Waals surface area contributed by atoms with Crippen LogP contribution in [0.25, 0.3) is 0 Å². The van der Waals surface area contributed by atoms with Crippen LogP contribution in [0.2, 0.25) is 0 Å². The van der Waals surface area contributed by atoms with Gasteiger partial charge in [0.2, 0.25) is 0 Å². The Balaban J connectivity index is 1.24. The number of nitrogens with zero attached hydrogens (tertiary/aromatic N) is 2. The molecule has 0 aromatic heterocycles. The number of methoxy groups -OCH3 is 1. The Morgan fingerprint density at radius 1 is 0.978 bits per heavy atom. The second kappa shape index (κ2) is 16.3. The maximum Gasteiger partial charge on any atom is 0.415 e. The van der Waals surface area contributed by atoms with Gasteiger partial charge in [-0.3, -0.25) is 4.90 Å². The highest BCUT2D eigenvalue weighted by Gasteiger charge is 2.32. The van der Waals surface area contributed by atoms with Crippen LogP contribution < -0.4 is 14.8 Å². The zero-order valence-corrected chi connectivity index (χ0v) is 25.8. The molecule has 0 radical (unpaired) electrons. The molecule has 2 aliphatic rings. The molecule has 13 heteroatoms. The standard InChI is InChI=1S/C32H45N3O10/c1-3-44-28-15-25(31(41)43-2)24(21-6-7-21)14-22(28)18-34-10-12-35(13-11-34)32(42)45-23-8-4-20(5-9-23)16-33-17-26(37)29(39)30(40)27(38)19-36/h4-5,8-9,14-15,21,26-27,29-30,33,36-40H,3,6-7,10-13,16-19H2,1-2H3. The van der Waals surface area contributed by atoms with Crippen molar-refractivity contribution in [2.75, 3.05) is 53.0 Å². The average Bonchev–Trinajstić information content (AvgIpc) is 3.90. The lowest BCUT2D eigenvalue weighted by atomic mass is 9.98. The Hall–Kier alpha value is -3.30. The van der Waals surface area contributed by atoms with E-state index in [2.05, 4.69) is 16.3 Å². The third-order valence-corrected chi connectivity index (χ3v) is 8.12. The van der Waals surface area contributed by atoms with E-state index in [1.807, 2.05) is 6.92 Å². The number of hydrogen-bond donors (Lipinski definition) is 6. The predicted octanol–water partition coefficient (Wildman–Crippen LogP) is 0.591. The molecular formula is C32H45N3O10. The Morgan fingerprint density at radius 3 is 2.24 bits per heavy atom. The van der Waals surface area contributed by atoms with E-state index in [9.17, 15) is 30.0 Å². The van der Waals surface area contributed by atoms with Crippen LogP contribution in [0.15, 0.2) is 36.4 Å². The molecular weight excluding hydrogens is 586 g/mol. The molecule has 1 amide bonds. The van der Waals surface area contributed by atoms with Crippen LogP contribution >= 0.6 is 0 Å². The normalized spacial score (nSPS) is 18.2. The van der Waals surface area contributed by atoms with Crippen molar-refractivity contribution >= 4 is 12.1 Å². The second-order valence-corrected chi connectivity index (χ2v) is 11.5.